The fourth-order valence-electron chi connectivity index (χ4n) is 3.86. The van der Waals surface area contributed by atoms with E-state index in [2.05, 4.69) is 0 Å². The molecule has 2 aromatic rings. The fraction of sp³-hybridized carbons (Fsp3) is 0.261. The van der Waals surface area contributed by atoms with Crippen molar-refractivity contribution in [3.8, 4) is 12.1 Å². The molecule has 1 aliphatic heterocycles. The molecule has 0 fully saturated rings. The molecule has 0 aromatic heterocycles. The third kappa shape index (κ3) is 4.63. The number of allylic oxidation sites excluding steroid dienone is 1. The van der Waals surface area contributed by atoms with Gasteiger partial charge in [-0.25, -0.2) is 30.3 Å². The van der Waals surface area contributed by atoms with Crippen LogP contribution >= 0.6 is 0 Å². The number of anilines is 1. The van der Waals surface area contributed by atoms with Gasteiger partial charge in [-0.15, -0.1) is 0 Å². The lowest BCUT2D eigenvalue weighted by molar-refractivity contribution is 0.221. The highest BCUT2D eigenvalue weighted by molar-refractivity contribution is 7.90. The van der Waals surface area contributed by atoms with Gasteiger partial charge in [0.25, 0.3) is 0 Å². The van der Waals surface area contributed by atoms with E-state index in [-0.39, 0.29) is 38.5 Å². The van der Waals surface area contributed by atoms with Crippen LogP contribution in [0.1, 0.15) is 36.6 Å². The van der Waals surface area contributed by atoms with Gasteiger partial charge >= 0.3 is 6.03 Å². The molecule has 2 amide bonds. The minimum Gasteiger partial charge on any atom is -0.265 e. The van der Waals surface area contributed by atoms with Crippen LogP contribution in [0, 0.1) is 22.7 Å². The van der Waals surface area contributed by atoms with Crippen molar-refractivity contribution >= 4 is 31.6 Å². The molecule has 0 spiro atoms. The average molecular weight is 517 g/mol. The first-order valence-electron chi connectivity index (χ1n) is 10.3. The second-order valence-electron chi connectivity index (χ2n) is 7.77. The van der Waals surface area contributed by atoms with E-state index in [9.17, 15) is 36.5 Å². The SMILES string of the molecule is CCS(=O)(=O)N1C(=O)N(c2cccc(CF)c2)C(C)=C(C#N)[C@H]1c1ccc(C#N)cc1S(C)(=O)=O. The molecule has 0 saturated heterocycles. The number of amides is 2. The van der Waals surface area contributed by atoms with Gasteiger partial charge < -0.3 is 0 Å². The summed E-state index contributed by atoms with van der Waals surface area (Å²) in [6.07, 6.45) is 0.883. The summed E-state index contributed by atoms with van der Waals surface area (Å²) in [6.45, 7) is 1.90. The highest BCUT2D eigenvalue weighted by Crippen LogP contribution is 2.42. The first-order valence-corrected chi connectivity index (χ1v) is 13.8. The number of sulfonamides is 1. The number of rotatable bonds is 6. The third-order valence-electron chi connectivity index (χ3n) is 5.56. The maximum absolute atomic E-state index is 13.7. The second-order valence-corrected chi connectivity index (χ2v) is 11.9. The van der Waals surface area contributed by atoms with Crippen molar-refractivity contribution in [2.45, 2.75) is 31.5 Å². The third-order valence-corrected chi connectivity index (χ3v) is 8.41. The van der Waals surface area contributed by atoms with E-state index < -0.39 is 44.4 Å². The smallest absolute Gasteiger partial charge is 0.265 e. The Hall–Kier alpha value is -3.74. The molecule has 0 bridgehead atoms. The Morgan fingerprint density at radius 1 is 1.06 bits per heavy atom. The molecule has 9 nitrogen and oxygen atoms in total. The Labute approximate surface area is 203 Å². The lowest BCUT2D eigenvalue weighted by Crippen LogP contribution is -2.52. The number of nitriles is 2. The lowest BCUT2D eigenvalue weighted by atomic mass is 9.94. The fourth-order valence-corrected chi connectivity index (χ4v) is 5.95. The van der Waals surface area contributed by atoms with E-state index in [4.69, 9.17) is 0 Å². The molecule has 1 heterocycles. The van der Waals surface area contributed by atoms with E-state index in [1.165, 1.54) is 50.2 Å². The Kier molecular flexibility index (Phi) is 7.01. The summed E-state index contributed by atoms with van der Waals surface area (Å²) in [4.78, 5) is 14.3. The number of nitrogens with zero attached hydrogens (tertiary/aromatic N) is 4. The van der Waals surface area contributed by atoms with Gasteiger partial charge in [-0.2, -0.15) is 10.5 Å². The summed E-state index contributed by atoms with van der Waals surface area (Å²) in [6, 6.07) is 10.5. The summed E-state index contributed by atoms with van der Waals surface area (Å²) in [7, 11) is -8.35. The van der Waals surface area contributed by atoms with Crippen molar-refractivity contribution in [1.29, 1.82) is 10.5 Å². The number of hydrogen-bond acceptors (Lipinski definition) is 7. The molecule has 3 rings (SSSR count). The molecule has 12 heteroatoms. The first-order chi connectivity index (χ1) is 16.4. The predicted octanol–water partition coefficient (Wildman–Crippen LogP) is 3.56. The molecular weight excluding hydrogens is 495 g/mol. The van der Waals surface area contributed by atoms with Crippen LogP contribution in [-0.2, 0) is 26.5 Å². The van der Waals surface area contributed by atoms with E-state index in [1.54, 1.807) is 0 Å². The second kappa shape index (κ2) is 9.49. The van der Waals surface area contributed by atoms with Gasteiger partial charge in [0.05, 0.1) is 39.6 Å². The summed E-state index contributed by atoms with van der Waals surface area (Å²) >= 11 is 0. The predicted molar refractivity (Wildman–Crippen MR) is 126 cm³/mol. The van der Waals surface area contributed by atoms with Crippen LogP contribution in [0.4, 0.5) is 14.9 Å². The van der Waals surface area contributed by atoms with Crippen LogP contribution in [0.3, 0.4) is 0 Å². The van der Waals surface area contributed by atoms with Crippen molar-refractivity contribution in [2.75, 3.05) is 16.9 Å². The quantitative estimate of drug-likeness (QED) is 0.572. The van der Waals surface area contributed by atoms with Crippen LogP contribution in [0.25, 0.3) is 0 Å². The maximum atomic E-state index is 13.7. The number of sulfone groups is 1. The first kappa shape index (κ1) is 25.9. The zero-order valence-electron chi connectivity index (χ0n) is 19.1. The Morgan fingerprint density at radius 3 is 2.29 bits per heavy atom. The molecular formula is C23H21FN4O5S2. The van der Waals surface area contributed by atoms with Crippen molar-refractivity contribution in [2.24, 2.45) is 0 Å². The topological polar surface area (TPSA) is 139 Å². The van der Waals surface area contributed by atoms with Crippen LogP contribution in [0.15, 0.2) is 58.6 Å². The van der Waals surface area contributed by atoms with E-state index in [0.717, 1.165) is 17.2 Å². The Balaban J connectivity index is 2.43. The van der Waals surface area contributed by atoms with Crippen molar-refractivity contribution < 1.29 is 26.0 Å². The highest BCUT2D eigenvalue weighted by atomic mass is 32.2. The molecule has 0 N–H and O–H groups in total. The van der Waals surface area contributed by atoms with Crippen molar-refractivity contribution in [3.05, 3.63) is 70.4 Å². The highest BCUT2D eigenvalue weighted by Gasteiger charge is 2.46. The van der Waals surface area contributed by atoms with Crippen molar-refractivity contribution in [1.82, 2.24) is 4.31 Å². The van der Waals surface area contributed by atoms with Crippen LogP contribution in [0.5, 0.6) is 0 Å². The standard InChI is InChI=1S/C23H21FN4O5S2/c1-4-35(32,33)28-22(19-9-8-17(13-25)11-21(19)34(3,30)31)20(14-26)15(2)27(23(28)29)18-7-5-6-16(10-18)12-24/h5-11,22H,4,12H2,1-3H3/t22-/m1/s1. The van der Waals surface area contributed by atoms with Gasteiger partial charge in [0.15, 0.2) is 9.84 Å². The summed E-state index contributed by atoms with van der Waals surface area (Å²) in [5, 5.41) is 19.3. The normalized spacial score (nSPS) is 16.7. The number of urea groups is 1. The number of alkyl halides is 1. The van der Waals surface area contributed by atoms with E-state index >= 15 is 0 Å². The van der Waals surface area contributed by atoms with E-state index in [1.807, 2.05) is 12.1 Å². The number of carbonyl (C=O) groups excluding carboxylic acids is 1. The van der Waals surface area contributed by atoms with Gasteiger partial charge in [0.2, 0.25) is 10.0 Å². The molecule has 0 saturated carbocycles. The van der Waals surface area contributed by atoms with Crippen LogP contribution in [-0.4, -0.2) is 39.2 Å². The molecule has 0 unspecified atom stereocenters. The van der Waals surface area contributed by atoms with Crippen molar-refractivity contribution in [3.63, 3.8) is 0 Å². The molecule has 1 aliphatic rings. The minimum absolute atomic E-state index is 0.00471. The van der Waals surface area contributed by atoms with Gasteiger partial charge in [0, 0.05) is 12.0 Å². The molecule has 1 atom stereocenters. The summed E-state index contributed by atoms with van der Waals surface area (Å²) in [5.41, 5.74) is 0.121. The molecule has 2 aromatic carbocycles. The van der Waals surface area contributed by atoms with Crippen LogP contribution < -0.4 is 4.90 Å². The number of benzene rings is 2. The average Bonchev–Trinajstić information content (AvgIpc) is 2.82. The van der Waals surface area contributed by atoms with Crippen LogP contribution in [0.2, 0.25) is 0 Å². The Bertz CT molecular complexity index is 1540. The zero-order valence-corrected chi connectivity index (χ0v) is 20.7. The number of hydrogen-bond donors (Lipinski definition) is 0. The largest absolute Gasteiger partial charge is 0.343 e. The van der Waals surface area contributed by atoms with Gasteiger partial charge in [0.1, 0.15) is 12.7 Å². The molecule has 35 heavy (non-hydrogen) atoms. The van der Waals surface area contributed by atoms with Gasteiger partial charge in [-0.05, 0) is 49.2 Å². The maximum Gasteiger partial charge on any atom is 0.343 e. The summed E-state index contributed by atoms with van der Waals surface area (Å²) < 4.78 is 65.3. The number of halogens is 1. The minimum atomic E-state index is -4.35. The monoisotopic (exact) mass is 516 g/mol. The Morgan fingerprint density at radius 2 is 1.74 bits per heavy atom. The molecule has 0 aliphatic carbocycles. The van der Waals surface area contributed by atoms with Gasteiger partial charge in [-0.3, -0.25) is 4.90 Å². The zero-order chi connectivity index (χ0) is 26.1. The molecule has 182 valence electrons. The lowest BCUT2D eigenvalue weighted by Gasteiger charge is -2.41. The summed E-state index contributed by atoms with van der Waals surface area (Å²) in [5.74, 6) is -0.518. The van der Waals surface area contributed by atoms with Gasteiger partial charge in [-0.1, -0.05) is 18.2 Å². The van der Waals surface area contributed by atoms with E-state index in [0.29, 0.717) is 4.31 Å². The number of carbonyl (C=O) groups is 1. The molecule has 0 radical (unpaired) electrons.